The number of hydrogen-bond donors (Lipinski definition) is 1. The summed E-state index contributed by atoms with van der Waals surface area (Å²) in [6.45, 7) is 3.60. The molecule has 0 aliphatic carbocycles. The minimum atomic E-state index is -0.648. The molecule has 0 aliphatic heterocycles. The van der Waals surface area contributed by atoms with Crippen LogP contribution in [0.4, 0.5) is 0 Å². The molecule has 1 amide bonds. The van der Waals surface area contributed by atoms with E-state index in [2.05, 4.69) is 10.3 Å². The number of aromatic nitrogens is 1. The average Bonchev–Trinajstić information content (AvgIpc) is 2.76. The highest BCUT2D eigenvalue weighted by Gasteiger charge is 2.17. The van der Waals surface area contributed by atoms with E-state index in [1.165, 1.54) is 11.3 Å². The van der Waals surface area contributed by atoms with E-state index >= 15 is 0 Å². The lowest BCUT2D eigenvalue weighted by Gasteiger charge is -2.11. The summed E-state index contributed by atoms with van der Waals surface area (Å²) in [6, 6.07) is -0.648. The number of esters is 1. The summed E-state index contributed by atoms with van der Waals surface area (Å²) in [5.41, 5.74) is 0.753. The van der Waals surface area contributed by atoms with E-state index in [-0.39, 0.29) is 12.3 Å². The first kappa shape index (κ1) is 14.9. The smallest absolute Gasteiger partial charge is 0.328 e. The van der Waals surface area contributed by atoms with E-state index in [1.807, 2.05) is 5.38 Å². The third-order valence-corrected chi connectivity index (χ3v) is 3.24. The molecule has 1 heterocycles. The molecule has 0 radical (unpaired) electrons. The number of alkyl halides is 1. The number of carbonyl (C=O) groups excluding carboxylic acids is 2. The molecule has 0 saturated carbocycles. The van der Waals surface area contributed by atoms with Crippen LogP contribution in [0.5, 0.6) is 0 Å². The van der Waals surface area contributed by atoms with Crippen molar-refractivity contribution < 1.29 is 14.3 Å². The van der Waals surface area contributed by atoms with Crippen molar-refractivity contribution in [2.24, 2.45) is 0 Å². The maximum atomic E-state index is 11.6. The van der Waals surface area contributed by atoms with E-state index in [1.54, 1.807) is 13.8 Å². The molecular weight excluding hydrogens is 276 g/mol. The Kier molecular flexibility index (Phi) is 6.07. The highest BCUT2D eigenvalue weighted by atomic mass is 35.5. The van der Waals surface area contributed by atoms with Crippen LogP contribution in [0, 0.1) is 0 Å². The van der Waals surface area contributed by atoms with Gasteiger partial charge in [0.2, 0.25) is 5.91 Å². The summed E-state index contributed by atoms with van der Waals surface area (Å²) < 4.78 is 4.79. The average molecular weight is 291 g/mol. The Morgan fingerprint density at radius 2 is 2.33 bits per heavy atom. The largest absolute Gasteiger partial charge is 0.464 e. The van der Waals surface area contributed by atoms with E-state index in [4.69, 9.17) is 16.3 Å². The Morgan fingerprint density at radius 1 is 1.61 bits per heavy atom. The summed E-state index contributed by atoms with van der Waals surface area (Å²) in [4.78, 5) is 27.1. The first-order chi connectivity index (χ1) is 8.56. The number of hydrogen-bond acceptors (Lipinski definition) is 5. The van der Waals surface area contributed by atoms with Gasteiger partial charge in [-0.1, -0.05) is 0 Å². The quantitative estimate of drug-likeness (QED) is 0.637. The van der Waals surface area contributed by atoms with Crippen LogP contribution in [-0.4, -0.2) is 29.5 Å². The fraction of sp³-hybridized carbons (Fsp3) is 0.545. The van der Waals surface area contributed by atoms with E-state index < -0.39 is 12.0 Å². The van der Waals surface area contributed by atoms with Gasteiger partial charge in [0.1, 0.15) is 11.0 Å². The molecule has 0 bridgehead atoms. The topological polar surface area (TPSA) is 68.3 Å². The third kappa shape index (κ3) is 4.62. The zero-order valence-electron chi connectivity index (χ0n) is 10.2. The van der Waals surface area contributed by atoms with Crippen LogP contribution in [0.15, 0.2) is 5.38 Å². The van der Waals surface area contributed by atoms with Crippen molar-refractivity contribution in [3.05, 3.63) is 16.1 Å². The summed E-state index contributed by atoms with van der Waals surface area (Å²) in [6.07, 6.45) is 0.144. The number of rotatable bonds is 6. The lowest BCUT2D eigenvalue weighted by molar-refractivity contribution is -0.146. The van der Waals surface area contributed by atoms with Crippen molar-refractivity contribution in [1.29, 1.82) is 0 Å². The van der Waals surface area contributed by atoms with Gasteiger partial charge in [-0.25, -0.2) is 9.78 Å². The fourth-order valence-corrected chi connectivity index (χ4v) is 2.27. The Bertz CT molecular complexity index is 422. The summed E-state index contributed by atoms with van der Waals surface area (Å²) in [5, 5.41) is 5.05. The van der Waals surface area contributed by atoms with Crippen LogP contribution in [0.1, 0.15) is 24.5 Å². The van der Waals surface area contributed by atoms with Crippen LogP contribution in [0.3, 0.4) is 0 Å². The number of carbonyl (C=O) groups is 2. The molecule has 5 nitrogen and oxygen atoms in total. The molecule has 0 saturated heterocycles. The minimum Gasteiger partial charge on any atom is -0.464 e. The molecule has 1 rings (SSSR count). The van der Waals surface area contributed by atoms with Crippen LogP contribution in [-0.2, 0) is 26.6 Å². The molecule has 1 aromatic rings. The maximum absolute atomic E-state index is 11.6. The Balaban J connectivity index is 2.43. The first-order valence-electron chi connectivity index (χ1n) is 5.52. The molecule has 100 valence electrons. The van der Waals surface area contributed by atoms with Gasteiger partial charge < -0.3 is 10.1 Å². The van der Waals surface area contributed by atoms with Gasteiger partial charge in [-0.15, -0.1) is 22.9 Å². The molecule has 1 unspecified atom stereocenters. The van der Waals surface area contributed by atoms with Gasteiger partial charge in [-0.05, 0) is 13.8 Å². The standard InChI is InChI=1S/C11H15ClN2O3S/c1-3-17-11(16)7(2)13-9(15)4-10-14-8(5-12)6-18-10/h6-7H,3-5H2,1-2H3,(H,13,15). The third-order valence-electron chi connectivity index (χ3n) is 2.07. The minimum absolute atomic E-state index is 0.144. The highest BCUT2D eigenvalue weighted by molar-refractivity contribution is 7.09. The molecule has 1 aromatic heterocycles. The second kappa shape index (κ2) is 7.33. The highest BCUT2D eigenvalue weighted by Crippen LogP contribution is 2.12. The van der Waals surface area contributed by atoms with Gasteiger partial charge >= 0.3 is 5.97 Å². The van der Waals surface area contributed by atoms with Crippen molar-refractivity contribution >= 4 is 34.8 Å². The molecule has 7 heteroatoms. The molecular formula is C11H15ClN2O3S. The molecule has 0 aliphatic rings. The van der Waals surface area contributed by atoms with Crippen LogP contribution < -0.4 is 5.32 Å². The number of nitrogens with one attached hydrogen (secondary N) is 1. The zero-order valence-corrected chi connectivity index (χ0v) is 11.8. The Labute approximate surface area is 115 Å². The second-order valence-corrected chi connectivity index (χ2v) is 4.79. The second-order valence-electron chi connectivity index (χ2n) is 3.58. The number of amides is 1. The summed E-state index contributed by atoms with van der Waals surface area (Å²) in [7, 11) is 0. The number of thiazole rings is 1. The number of ether oxygens (including phenoxy) is 1. The lowest BCUT2D eigenvalue weighted by atomic mass is 10.3. The van der Waals surface area contributed by atoms with Gasteiger partial charge in [0, 0.05) is 5.38 Å². The van der Waals surface area contributed by atoms with Crippen molar-refractivity contribution in [1.82, 2.24) is 10.3 Å². The van der Waals surface area contributed by atoms with E-state index in [0.29, 0.717) is 17.5 Å². The van der Waals surface area contributed by atoms with Gasteiger partial charge in [0.15, 0.2) is 0 Å². The molecule has 1 N–H and O–H groups in total. The van der Waals surface area contributed by atoms with Crippen molar-refractivity contribution in [2.75, 3.05) is 6.61 Å². The molecule has 18 heavy (non-hydrogen) atoms. The maximum Gasteiger partial charge on any atom is 0.328 e. The van der Waals surface area contributed by atoms with Gasteiger partial charge in [-0.2, -0.15) is 0 Å². The molecule has 0 spiro atoms. The number of halogens is 1. The van der Waals surface area contributed by atoms with Gasteiger partial charge in [0.25, 0.3) is 0 Å². The zero-order chi connectivity index (χ0) is 13.5. The summed E-state index contributed by atoms with van der Waals surface area (Å²) >= 11 is 7.00. The van der Waals surface area contributed by atoms with Crippen LogP contribution in [0.2, 0.25) is 0 Å². The first-order valence-corrected chi connectivity index (χ1v) is 6.93. The molecule has 1 atom stereocenters. The SMILES string of the molecule is CCOC(=O)C(C)NC(=O)Cc1nc(CCl)cs1. The van der Waals surface area contributed by atoms with Crippen molar-refractivity contribution in [2.45, 2.75) is 32.2 Å². The van der Waals surface area contributed by atoms with Crippen molar-refractivity contribution in [3.63, 3.8) is 0 Å². The predicted molar refractivity (Wildman–Crippen MR) is 69.6 cm³/mol. The lowest BCUT2D eigenvalue weighted by Crippen LogP contribution is -2.40. The van der Waals surface area contributed by atoms with E-state index in [9.17, 15) is 9.59 Å². The van der Waals surface area contributed by atoms with E-state index in [0.717, 1.165) is 5.69 Å². The summed E-state index contributed by atoms with van der Waals surface area (Å²) in [5.74, 6) is -0.366. The van der Waals surface area contributed by atoms with Crippen molar-refractivity contribution in [3.8, 4) is 0 Å². The van der Waals surface area contributed by atoms with Gasteiger partial charge in [0.05, 0.1) is 24.6 Å². The Hall–Kier alpha value is -1.14. The van der Waals surface area contributed by atoms with Gasteiger partial charge in [-0.3, -0.25) is 4.79 Å². The predicted octanol–water partition coefficient (Wildman–Crippen LogP) is 1.49. The monoisotopic (exact) mass is 290 g/mol. The van der Waals surface area contributed by atoms with Crippen LogP contribution in [0.25, 0.3) is 0 Å². The fourth-order valence-electron chi connectivity index (χ4n) is 1.25. The normalized spacial score (nSPS) is 11.9. The van der Waals surface area contributed by atoms with Crippen LogP contribution >= 0.6 is 22.9 Å². The number of nitrogens with zero attached hydrogens (tertiary/aromatic N) is 1. The Morgan fingerprint density at radius 3 is 2.89 bits per heavy atom. The molecule has 0 fully saturated rings. The molecule has 0 aromatic carbocycles.